The first-order valence-electron chi connectivity index (χ1n) is 19.9. The van der Waals surface area contributed by atoms with Crippen LogP contribution in [0, 0.1) is 11.8 Å². The number of likely N-dealkylation sites (tertiary alicyclic amines) is 2. The highest BCUT2D eigenvalue weighted by atomic mass is 16.5. The van der Waals surface area contributed by atoms with Crippen molar-refractivity contribution in [2.45, 2.75) is 77.5 Å². The third-order valence-corrected chi connectivity index (χ3v) is 11.2. The van der Waals surface area contributed by atoms with E-state index >= 15 is 0 Å². The van der Waals surface area contributed by atoms with Gasteiger partial charge in [-0.3, -0.25) is 14.6 Å². The second kappa shape index (κ2) is 17.1. The van der Waals surface area contributed by atoms with Gasteiger partial charge in [0.15, 0.2) is 0 Å². The van der Waals surface area contributed by atoms with Gasteiger partial charge >= 0.3 is 12.2 Å². The molecule has 2 aromatic carbocycles. The maximum absolute atomic E-state index is 13.6. The van der Waals surface area contributed by atoms with Crippen LogP contribution < -0.4 is 10.6 Å². The first kappa shape index (κ1) is 40.0. The van der Waals surface area contributed by atoms with Gasteiger partial charge < -0.3 is 39.9 Å². The highest BCUT2D eigenvalue weighted by Gasteiger charge is 2.39. The van der Waals surface area contributed by atoms with Crippen LogP contribution in [0.5, 0.6) is 0 Å². The Kier molecular flexibility index (Phi) is 11.8. The topological polar surface area (TPSA) is 188 Å². The van der Waals surface area contributed by atoms with Crippen molar-refractivity contribution in [3.63, 3.8) is 0 Å². The van der Waals surface area contributed by atoms with Crippen LogP contribution in [0.15, 0.2) is 67.1 Å². The van der Waals surface area contributed by atoms with E-state index < -0.39 is 24.3 Å². The van der Waals surface area contributed by atoms with Crippen molar-refractivity contribution in [2.75, 3.05) is 27.3 Å². The summed E-state index contributed by atoms with van der Waals surface area (Å²) in [6, 6.07) is 14.7. The molecule has 3 aromatic heterocycles. The number of hydrogen-bond donors (Lipinski definition) is 4. The van der Waals surface area contributed by atoms with E-state index in [4.69, 9.17) is 14.5 Å². The van der Waals surface area contributed by atoms with Gasteiger partial charge in [0, 0.05) is 24.7 Å². The number of carbonyl (C=O) groups is 4. The van der Waals surface area contributed by atoms with Gasteiger partial charge in [-0.05, 0) is 71.7 Å². The third kappa shape index (κ3) is 8.25. The molecule has 7 rings (SSSR count). The normalized spacial score (nSPS) is 17.8. The Morgan fingerprint density at radius 2 is 1.14 bits per heavy atom. The molecule has 4 amide bonds. The summed E-state index contributed by atoms with van der Waals surface area (Å²) in [6.45, 7) is 8.76. The van der Waals surface area contributed by atoms with E-state index in [1.54, 1.807) is 22.2 Å². The maximum Gasteiger partial charge on any atom is 0.407 e. The molecule has 2 fully saturated rings. The molecule has 4 atom stereocenters. The number of carbonyl (C=O) groups excluding carboxylic acids is 4. The van der Waals surface area contributed by atoms with Crippen LogP contribution in [0.4, 0.5) is 9.59 Å². The Morgan fingerprint density at radius 1 is 0.638 bits per heavy atom. The van der Waals surface area contributed by atoms with Crippen molar-refractivity contribution in [3.05, 3.63) is 78.8 Å². The van der Waals surface area contributed by atoms with E-state index in [0.29, 0.717) is 18.9 Å². The molecule has 0 aliphatic carbocycles. The monoisotopic (exact) mass is 789 g/mol. The molecule has 0 saturated carbocycles. The molecular weight excluding hydrogens is 739 g/mol. The van der Waals surface area contributed by atoms with Crippen LogP contribution in [0.25, 0.3) is 44.5 Å². The number of H-pyrrole nitrogens is 2. The number of rotatable bonds is 11. The number of methoxy groups -OCH3 is 2. The zero-order chi connectivity index (χ0) is 41.1. The minimum absolute atomic E-state index is 0.107. The number of imidazole rings is 2. The molecule has 15 nitrogen and oxygen atoms in total. The van der Waals surface area contributed by atoms with Crippen LogP contribution in [0.1, 0.15) is 77.1 Å². The third-order valence-electron chi connectivity index (χ3n) is 11.2. The second-order valence-electron chi connectivity index (χ2n) is 15.7. The van der Waals surface area contributed by atoms with Gasteiger partial charge in [0.2, 0.25) is 11.8 Å². The lowest BCUT2D eigenvalue weighted by Gasteiger charge is -2.30. The molecule has 4 N–H and O–H groups in total. The summed E-state index contributed by atoms with van der Waals surface area (Å²) in [6.07, 6.45) is 7.38. The van der Waals surface area contributed by atoms with Crippen LogP contribution in [-0.4, -0.2) is 98.1 Å². The summed E-state index contributed by atoms with van der Waals surface area (Å²) in [7, 11) is 2.58. The van der Waals surface area contributed by atoms with Gasteiger partial charge in [0.05, 0.1) is 55.8 Å². The van der Waals surface area contributed by atoms with E-state index in [1.165, 1.54) is 14.2 Å². The van der Waals surface area contributed by atoms with Crippen LogP contribution >= 0.6 is 0 Å². The summed E-state index contributed by atoms with van der Waals surface area (Å²) in [4.78, 5) is 75.6. The molecule has 2 aliphatic heterocycles. The van der Waals surface area contributed by atoms with E-state index in [1.807, 2.05) is 40.0 Å². The Balaban J connectivity index is 1.02. The Morgan fingerprint density at radius 3 is 1.67 bits per heavy atom. The van der Waals surface area contributed by atoms with Gasteiger partial charge in [0.25, 0.3) is 0 Å². The predicted octanol–water partition coefficient (Wildman–Crippen LogP) is 6.77. The lowest BCUT2D eigenvalue weighted by molar-refractivity contribution is -0.136. The fourth-order valence-electron chi connectivity index (χ4n) is 7.99. The number of benzene rings is 2. The van der Waals surface area contributed by atoms with Crippen LogP contribution in [0.2, 0.25) is 0 Å². The number of nitrogens with one attached hydrogen (secondary N) is 4. The van der Waals surface area contributed by atoms with E-state index in [2.05, 4.69) is 73.0 Å². The predicted molar refractivity (Wildman–Crippen MR) is 218 cm³/mol. The van der Waals surface area contributed by atoms with Crippen molar-refractivity contribution in [1.82, 2.24) is 45.4 Å². The molecule has 5 aromatic rings. The van der Waals surface area contributed by atoms with E-state index in [9.17, 15) is 19.2 Å². The van der Waals surface area contributed by atoms with E-state index in [-0.39, 0.29) is 35.7 Å². The Labute approximate surface area is 337 Å². The van der Waals surface area contributed by atoms with Crippen molar-refractivity contribution >= 4 is 34.8 Å². The van der Waals surface area contributed by atoms with E-state index in [0.717, 1.165) is 76.1 Å². The molecule has 15 heteroatoms. The van der Waals surface area contributed by atoms with Crippen molar-refractivity contribution in [1.29, 1.82) is 0 Å². The smallest absolute Gasteiger partial charge is 0.407 e. The summed E-state index contributed by atoms with van der Waals surface area (Å²) in [5.74, 6) is 0.892. The molecule has 2 saturated heterocycles. The maximum atomic E-state index is 13.6. The molecular formula is C43H51N9O6. The van der Waals surface area contributed by atoms with Crippen LogP contribution in [-0.2, 0) is 19.1 Å². The second-order valence-corrected chi connectivity index (χ2v) is 15.7. The average Bonchev–Trinajstić information content (AvgIpc) is 4.07. The number of pyridine rings is 1. The number of fused-ring (bicyclic) bond motifs is 1. The zero-order valence-electron chi connectivity index (χ0n) is 33.7. The summed E-state index contributed by atoms with van der Waals surface area (Å²) < 4.78 is 9.52. The molecule has 58 heavy (non-hydrogen) atoms. The van der Waals surface area contributed by atoms with Crippen molar-refractivity contribution in [3.8, 4) is 33.8 Å². The first-order valence-corrected chi connectivity index (χ1v) is 19.9. The molecule has 0 unspecified atom stereocenters. The van der Waals surface area contributed by atoms with Gasteiger partial charge in [0.1, 0.15) is 23.7 Å². The Bertz CT molecular complexity index is 2280. The number of hydrogen-bond acceptors (Lipinski definition) is 9. The number of aromatic amines is 2. The lowest BCUT2D eigenvalue weighted by atomic mass is 10.00. The van der Waals surface area contributed by atoms with Gasteiger partial charge in [-0.25, -0.2) is 19.6 Å². The van der Waals surface area contributed by atoms with Gasteiger partial charge in [-0.2, -0.15) is 0 Å². The van der Waals surface area contributed by atoms with Crippen molar-refractivity contribution in [2.24, 2.45) is 11.8 Å². The number of nitrogens with zero attached hydrogens (tertiary/aromatic N) is 5. The lowest BCUT2D eigenvalue weighted by Crippen LogP contribution is -2.51. The summed E-state index contributed by atoms with van der Waals surface area (Å²) in [5, 5.41) is 7.41. The summed E-state index contributed by atoms with van der Waals surface area (Å²) in [5.41, 5.74) is 5.43. The minimum atomic E-state index is -0.700. The highest BCUT2D eigenvalue weighted by Crippen LogP contribution is 2.35. The first-order chi connectivity index (χ1) is 27.9. The van der Waals surface area contributed by atoms with Crippen molar-refractivity contribution < 1.29 is 28.7 Å². The van der Waals surface area contributed by atoms with Gasteiger partial charge in [-0.1, -0.05) is 64.1 Å². The van der Waals surface area contributed by atoms with Gasteiger partial charge in [-0.15, -0.1) is 0 Å². The average molecular weight is 790 g/mol. The minimum Gasteiger partial charge on any atom is -0.453 e. The fraction of sp³-hybridized carbons (Fsp3) is 0.419. The summed E-state index contributed by atoms with van der Waals surface area (Å²) >= 11 is 0. The standard InChI is InChI=1S/C43H51N9O6/c1-24(2)36(49-42(55)57-5)40(53)51-17-7-9-34(51)38-45-22-32(47-38)27-13-11-26(12-14-27)28-15-16-29-20-31(44-21-30(29)19-28)33-23-46-39(48-33)35-10-8-18-52(35)41(54)37(25(3)4)50-43(56)58-6/h11-16,19-25,34-37H,7-10,17-18H2,1-6H3,(H,45,47)(H,46,48)(H,49,55)(H,50,56)/t34-,35-,36-,37-/m0/s1. The SMILES string of the molecule is COC(=O)N[C@H](C(=O)N1CCC[C@H]1c1ncc(-c2ccc(-c3ccc4cc(-c5cnc([C@@H]6CCCN6C(=O)[C@@H](NC(=O)OC)C(C)C)[nH]5)ncc4c3)cc2)[nH]1)C(C)C. The molecule has 5 heterocycles. The zero-order valence-corrected chi connectivity index (χ0v) is 33.7. The highest BCUT2D eigenvalue weighted by molar-refractivity contribution is 5.90. The molecule has 0 spiro atoms. The largest absolute Gasteiger partial charge is 0.453 e. The molecule has 304 valence electrons. The number of ether oxygens (including phenoxy) is 2. The number of aromatic nitrogens is 5. The number of amides is 4. The molecule has 2 aliphatic rings. The number of alkyl carbamates (subject to hydrolysis) is 2. The Hall–Kier alpha value is -6.25. The molecule has 0 bridgehead atoms. The fourth-order valence-corrected chi connectivity index (χ4v) is 7.99. The van der Waals surface area contributed by atoms with Crippen LogP contribution in [0.3, 0.4) is 0 Å². The molecule has 0 radical (unpaired) electrons. The quantitative estimate of drug-likeness (QED) is 0.112.